The minimum atomic E-state index is -0.974. The summed E-state index contributed by atoms with van der Waals surface area (Å²) in [4.78, 5) is 22.4. The van der Waals surface area contributed by atoms with Gasteiger partial charge in [-0.05, 0) is 43.0 Å². The third-order valence-corrected chi connectivity index (χ3v) is 3.37. The third-order valence-electron chi connectivity index (χ3n) is 2.97. The zero-order valence-corrected chi connectivity index (χ0v) is 13.4. The first-order valence-electron chi connectivity index (χ1n) is 6.64. The van der Waals surface area contributed by atoms with E-state index in [4.69, 9.17) is 26.8 Å². The molecule has 0 aliphatic carbocycles. The third kappa shape index (κ3) is 4.93. The molecule has 0 fully saturated rings. The Kier molecular flexibility index (Phi) is 6.03. The van der Waals surface area contributed by atoms with E-state index in [1.165, 1.54) is 6.92 Å². The Hall–Kier alpha value is -1.75. The van der Waals surface area contributed by atoms with E-state index in [1.807, 2.05) is 26.8 Å². The Labute approximate surface area is 129 Å². The molecule has 2 N–H and O–H groups in total. The fraction of sp³-hybridized carbons (Fsp3) is 0.467. The van der Waals surface area contributed by atoms with Crippen LogP contribution in [0.3, 0.4) is 0 Å². The lowest BCUT2D eigenvalue weighted by molar-refractivity contribution is -0.155. The molecule has 1 aromatic rings. The van der Waals surface area contributed by atoms with Crippen LogP contribution in [0.5, 0.6) is 5.75 Å². The number of carbonyl (C=O) groups excluding carboxylic acids is 2. The SMILES string of the molecule is Cc1cc(OCC(=O)O[C@H](C)C(N)=O)c(C(C)C)cc1Cl. The minimum Gasteiger partial charge on any atom is -0.482 e. The lowest BCUT2D eigenvalue weighted by Crippen LogP contribution is -2.32. The average Bonchev–Trinajstić information content (AvgIpc) is 2.39. The summed E-state index contributed by atoms with van der Waals surface area (Å²) >= 11 is 6.10. The van der Waals surface area contributed by atoms with E-state index in [1.54, 1.807) is 6.07 Å². The molecule has 0 bridgehead atoms. The summed E-state index contributed by atoms with van der Waals surface area (Å²) in [6.45, 7) is 6.97. The number of hydrogen-bond donors (Lipinski definition) is 1. The van der Waals surface area contributed by atoms with Crippen LogP contribution in [0, 0.1) is 6.92 Å². The zero-order valence-electron chi connectivity index (χ0n) is 12.6. The molecule has 1 rings (SSSR count). The number of hydrogen-bond acceptors (Lipinski definition) is 4. The van der Waals surface area contributed by atoms with Crippen molar-refractivity contribution < 1.29 is 19.1 Å². The van der Waals surface area contributed by atoms with Crippen molar-refractivity contribution in [3.63, 3.8) is 0 Å². The number of amides is 1. The molecule has 1 amide bonds. The number of carbonyl (C=O) groups is 2. The van der Waals surface area contributed by atoms with Crippen LogP contribution in [-0.4, -0.2) is 24.6 Å². The number of halogens is 1. The molecule has 1 aromatic carbocycles. The highest BCUT2D eigenvalue weighted by Gasteiger charge is 2.17. The summed E-state index contributed by atoms with van der Waals surface area (Å²) < 4.78 is 10.3. The minimum absolute atomic E-state index is 0.193. The van der Waals surface area contributed by atoms with Crippen molar-refractivity contribution in [2.75, 3.05) is 6.61 Å². The van der Waals surface area contributed by atoms with E-state index in [2.05, 4.69) is 0 Å². The monoisotopic (exact) mass is 313 g/mol. The lowest BCUT2D eigenvalue weighted by Gasteiger charge is -2.16. The summed E-state index contributed by atoms with van der Waals surface area (Å²) in [6, 6.07) is 3.61. The van der Waals surface area contributed by atoms with Gasteiger partial charge in [0.25, 0.3) is 5.91 Å². The van der Waals surface area contributed by atoms with Gasteiger partial charge in [0.05, 0.1) is 0 Å². The lowest BCUT2D eigenvalue weighted by atomic mass is 10.0. The van der Waals surface area contributed by atoms with Crippen molar-refractivity contribution in [3.8, 4) is 5.75 Å². The van der Waals surface area contributed by atoms with Crippen LogP contribution in [0.4, 0.5) is 0 Å². The topological polar surface area (TPSA) is 78.6 Å². The molecule has 116 valence electrons. The van der Waals surface area contributed by atoms with Crippen LogP contribution >= 0.6 is 11.6 Å². The molecule has 0 saturated heterocycles. The van der Waals surface area contributed by atoms with Gasteiger partial charge < -0.3 is 15.2 Å². The van der Waals surface area contributed by atoms with Gasteiger partial charge in [-0.25, -0.2) is 4.79 Å². The smallest absolute Gasteiger partial charge is 0.344 e. The van der Waals surface area contributed by atoms with E-state index >= 15 is 0 Å². The van der Waals surface area contributed by atoms with Gasteiger partial charge in [0.2, 0.25) is 0 Å². The van der Waals surface area contributed by atoms with Crippen molar-refractivity contribution >= 4 is 23.5 Å². The van der Waals surface area contributed by atoms with Crippen LogP contribution in [0.1, 0.15) is 37.8 Å². The molecule has 0 aliphatic heterocycles. The Morgan fingerprint density at radius 1 is 1.29 bits per heavy atom. The average molecular weight is 314 g/mol. The van der Waals surface area contributed by atoms with Gasteiger partial charge in [0.1, 0.15) is 5.75 Å². The molecular formula is C15H20ClNO4. The number of aryl methyl sites for hydroxylation is 1. The molecule has 5 nitrogen and oxygen atoms in total. The first-order chi connectivity index (χ1) is 9.72. The molecule has 0 unspecified atom stereocenters. The Bertz CT molecular complexity index is 543. The number of benzene rings is 1. The number of rotatable bonds is 6. The van der Waals surface area contributed by atoms with E-state index in [9.17, 15) is 9.59 Å². The fourth-order valence-corrected chi connectivity index (χ4v) is 1.84. The first kappa shape index (κ1) is 17.3. The fourth-order valence-electron chi connectivity index (χ4n) is 1.67. The maximum Gasteiger partial charge on any atom is 0.344 e. The molecule has 0 aromatic heterocycles. The second-order valence-corrected chi connectivity index (χ2v) is 5.52. The van der Waals surface area contributed by atoms with Crippen LogP contribution in [0.15, 0.2) is 12.1 Å². The first-order valence-corrected chi connectivity index (χ1v) is 7.01. The maximum absolute atomic E-state index is 11.6. The van der Waals surface area contributed by atoms with Crippen molar-refractivity contribution in [3.05, 3.63) is 28.3 Å². The van der Waals surface area contributed by atoms with Crippen LogP contribution in [0.2, 0.25) is 5.02 Å². The second kappa shape index (κ2) is 7.31. The van der Waals surface area contributed by atoms with Gasteiger partial charge in [-0.2, -0.15) is 0 Å². The molecule has 0 saturated carbocycles. The van der Waals surface area contributed by atoms with Crippen molar-refractivity contribution in [2.45, 2.75) is 39.7 Å². The normalized spacial score (nSPS) is 12.1. The van der Waals surface area contributed by atoms with Gasteiger partial charge >= 0.3 is 5.97 Å². The molecular weight excluding hydrogens is 294 g/mol. The molecule has 0 aliphatic rings. The maximum atomic E-state index is 11.6. The van der Waals surface area contributed by atoms with Crippen molar-refractivity contribution in [2.24, 2.45) is 5.73 Å². The summed E-state index contributed by atoms with van der Waals surface area (Å²) in [6.07, 6.45) is -0.974. The van der Waals surface area contributed by atoms with Gasteiger partial charge in [-0.15, -0.1) is 0 Å². The molecule has 1 atom stereocenters. The molecule has 6 heteroatoms. The molecule has 0 radical (unpaired) electrons. The van der Waals surface area contributed by atoms with E-state index < -0.39 is 18.0 Å². The predicted molar refractivity (Wildman–Crippen MR) is 80.5 cm³/mol. The Balaban J connectivity index is 2.77. The molecule has 21 heavy (non-hydrogen) atoms. The quantitative estimate of drug-likeness (QED) is 0.819. The Morgan fingerprint density at radius 2 is 1.90 bits per heavy atom. The van der Waals surface area contributed by atoms with Crippen LogP contribution in [-0.2, 0) is 14.3 Å². The number of nitrogens with two attached hydrogens (primary N) is 1. The molecule has 0 heterocycles. The van der Waals surface area contributed by atoms with E-state index in [0.29, 0.717) is 10.8 Å². The highest BCUT2D eigenvalue weighted by atomic mass is 35.5. The largest absolute Gasteiger partial charge is 0.482 e. The van der Waals surface area contributed by atoms with E-state index in [-0.39, 0.29) is 12.5 Å². The predicted octanol–water partition coefficient (Wildman–Crippen LogP) is 2.57. The van der Waals surface area contributed by atoms with Crippen LogP contribution in [0.25, 0.3) is 0 Å². The number of primary amides is 1. The molecule has 0 spiro atoms. The van der Waals surface area contributed by atoms with Gasteiger partial charge in [-0.3, -0.25) is 4.79 Å². The van der Waals surface area contributed by atoms with Crippen LogP contribution < -0.4 is 10.5 Å². The number of ether oxygens (including phenoxy) is 2. The van der Waals surface area contributed by atoms with Crippen molar-refractivity contribution in [1.82, 2.24) is 0 Å². The summed E-state index contributed by atoms with van der Waals surface area (Å²) in [7, 11) is 0. The van der Waals surface area contributed by atoms with Crippen molar-refractivity contribution in [1.29, 1.82) is 0 Å². The van der Waals surface area contributed by atoms with E-state index in [0.717, 1.165) is 11.1 Å². The summed E-state index contributed by atoms with van der Waals surface area (Å²) in [5, 5.41) is 0.649. The second-order valence-electron chi connectivity index (χ2n) is 5.12. The number of esters is 1. The van der Waals surface area contributed by atoms with Gasteiger partial charge in [-0.1, -0.05) is 25.4 Å². The Morgan fingerprint density at radius 3 is 2.43 bits per heavy atom. The zero-order chi connectivity index (χ0) is 16.2. The van der Waals surface area contributed by atoms with Gasteiger partial charge in [0, 0.05) is 5.02 Å². The van der Waals surface area contributed by atoms with Gasteiger partial charge in [0.15, 0.2) is 12.7 Å². The summed E-state index contributed by atoms with van der Waals surface area (Å²) in [5.74, 6) is -0.577. The summed E-state index contributed by atoms with van der Waals surface area (Å²) in [5.41, 5.74) is 6.78. The highest BCUT2D eigenvalue weighted by Crippen LogP contribution is 2.31. The standard InChI is InChI=1S/C15H20ClNO4/c1-8(2)11-6-12(16)9(3)5-13(11)20-7-14(18)21-10(4)15(17)19/h5-6,8,10H,7H2,1-4H3,(H2,17,19)/t10-/m1/s1. The highest BCUT2D eigenvalue weighted by molar-refractivity contribution is 6.31.